The molecule has 12 heteroatoms. The lowest BCUT2D eigenvalue weighted by molar-refractivity contribution is 0.0985. The van der Waals surface area contributed by atoms with Crippen molar-refractivity contribution in [1.82, 2.24) is 24.9 Å². The minimum absolute atomic E-state index is 0.253. The molecule has 0 radical (unpaired) electrons. The smallest absolute Gasteiger partial charge is 0.274 e. The van der Waals surface area contributed by atoms with Crippen LogP contribution in [0.1, 0.15) is 9.67 Å². The number of hydrogen-bond donors (Lipinski definition) is 2. The fraction of sp³-hybridized carbons (Fsp3) is 0.263. The van der Waals surface area contributed by atoms with E-state index >= 15 is 0 Å². The van der Waals surface area contributed by atoms with Gasteiger partial charge in [-0.25, -0.2) is 23.1 Å². The predicted octanol–water partition coefficient (Wildman–Crippen LogP) is 1.76. The number of ether oxygens (including phenoxy) is 1. The molecule has 1 aromatic carbocycles. The number of anilines is 1. The van der Waals surface area contributed by atoms with Crippen LogP contribution in [0.25, 0.3) is 32.5 Å². The summed E-state index contributed by atoms with van der Waals surface area (Å²) in [6.07, 6.45) is 2.67. The van der Waals surface area contributed by atoms with Gasteiger partial charge in [0.1, 0.15) is 0 Å². The number of hydrogen-bond acceptors (Lipinski definition) is 9. The van der Waals surface area contributed by atoms with Gasteiger partial charge in [0.2, 0.25) is 10.0 Å². The normalized spacial score (nSPS) is 14.9. The van der Waals surface area contributed by atoms with Crippen molar-refractivity contribution in [3.63, 3.8) is 0 Å². The minimum Gasteiger partial charge on any atom is -0.378 e. The van der Waals surface area contributed by atoms with Gasteiger partial charge in [-0.1, -0.05) is 12.1 Å². The zero-order chi connectivity index (χ0) is 21.6. The number of carbonyl (C=O) groups excluding carboxylic acids is 1. The van der Waals surface area contributed by atoms with E-state index in [1.807, 2.05) is 22.9 Å². The van der Waals surface area contributed by atoms with E-state index in [1.165, 1.54) is 11.3 Å². The third-order valence-electron chi connectivity index (χ3n) is 4.89. The quantitative estimate of drug-likeness (QED) is 0.473. The Bertz CT molecular complexity index is 1410. The van der Waals surface area contributed by atoms with Crippen molar-refractivity contribution in [2.75, 3.05) is 37.5 Å². The molecule has 0 aliphatic carbocycles. The zero-order valence-electron chi connectivity index (χ0n) is 16.5. The molecule has 1 fully saturated rings. The monoisotopic (exact) mass is 458 g/mol. The first kappa shape index (κ1) is 19.8. The second kappa shape index (κ2) is 7.55. The van der Waals surface area contributed by atoms with Crippen LogP contribution in [0.3, 0.4) is 0 Å². The maximum atomic E-state index is 12.4. The van der Waals surface area contributed by atoms with Crippen molar-refractivity contribution >= 4 is 54.2 Å². The molecule has 1 aliphatic rings. The summed E-state index contributed by atoms with van der Waals surface area (Å²) in [6.45, 7) is 2.46. The zero-order valence-corrected chi connectivity index (χ0v) is 18.1. The SMILES string of the molecule is CS(=O)(=O)NC(=O)c1cc2nc(-c3cccc4[nH]ncc34)nc(N3CCOCC3)c2s1. The van der Waals surface area contributed by atoms with Gasteiger partial charge in [0.15, 0.2) is 11.6 Å². The maximum absolute atomic E-state index is 12.4. The topological polar surface area (TPSA) is 130 Å². The van der Waals surface area contributed by atoms with E-state index in [1.54, 1.807) is 12.3 Å². The van der Waals surface area contributed by atoms with Crippen molar-refractivity contribution in [3.8, 4) is 11.4 Å². The van der Waals surface area contributed by atoms with E-state index in [4.69, 9.17) is 14.7 Å². The molecule has 1 saturated heterocycles. The minimum atomic E-state index is -3.67. The van der Waals surface area contributed by atoms with Gasteiger partial charge in [-0.3, -0.25) is 9.89 Å². The lowest BCUT2D eigenvalue weighted by atomic mass is 10.1. The number of morpholine rings is 1. The molecule has 0 saturated carbocycles. The van der Waals surface area contributed by atoms with Crippen molar-refractivity contribution in [2.45, 2.75) is 0 Å². The fourth-order valence-electron chi connectivity index (χ4n) is 3.52. The summed E-state index contributed by atoms with van der Waals surface area (Å²) in [5.41, 5.74) is 2.26. The number of rotatable bonds is 4. The van der Waals surface area contributed by atoms with Gasteiger partial charge in [-0.2, -0.15) is 5.10 Å². The summed E-state index contributed by atoms with van der Waals surface area (Å²) in [7, 11) is -3.67. The van der Waals surface area contributed by atoms with Crippen LogP contribution in [0.5, 0.6) is 0 Å². The van der Waals surface area contributed by atoms with Crippen molar-refractivity contribution in [1.29, 1.82) is 0 Å². The second-order valence-corrected chi connectivity index (χ2v) is 9.94. The summed E-state index contributed by atoms with van der Waals surface area (Å²) in [6, 6.07) is 7.35. The molecule has 1 aliphatic heterocycles. The molecule has 5 rings (SSSR count). The van der Waals surface area contributed by atoms with Gasteiger partial charge in [0, 0.05) is 24.0 Å². The molecule has 0 spiro atoms. The summed E-state index contributed by atoms with van der Waals surface area (Å²) < 4.78 is 31.2. The third-order valence-corrected chi connectivity index (χ3v) is 6.57. The Labute approximate surface area is 181 Å². The molecule has 3 aromatic heterocycles. The van der Waals surface area contributed by atoms with E-state index in [-0.39, 0.29) is 4.88 Å². The largest absolute Gasteiger partial charge is 0.378 e. The number of fused-ring (bicyclic) bond motifs is 2. The number of benzene rings is 1. The molecule has 160 valence electrons. The molecule has 4 aromatic rings. The van der Waals surface area contributed by atoms with Crippen LogP contribution in [0.15, 0.2) is 30.5 Å². The number of thiophene rings is 1. The third kappa shape index (κ3) is 3.84. The Balaban J connectivity index is 1.69. The van der Waals surface area contributed by atoms with Crippen LogP contribution >= 0.6 is 11.3 Å². The molecule has 2 N–H and O–H groups in total. The first-order chi connectivity index (χ1) is 14.9. The summed E-state index contributed by atoms with van der Waals surface area (Å²) in [5.74, 6) is 0.526. The molecule has 0 unspecified atom stereocenters. The lowest BCUT2D eigenvalue weighted by Crippen LogP contribution is -2.36. The first-order valence-corrected chi connectivity index (χ1v) is 12.2. The average Bonchev–Trinajstić information content (AvgIpc) is 3.39. The number of nitrogens with one attached hydrogen (secondary N) is 2. The molecule has 10 nitrogen and oxygen atoms in total. The second-order valence-electron chi connectivity index (χ2n) is 7.14. The Morgan fingerprint density at radius 1 is 1.26 bits per heavy atom. The van der Waals surface area contributed by atoms with E-state index in [0.717, 1.165) is 27.4 Å². The molecular weight excluding hydrogens is 440 g/mol. The highest BCUT2D eigenvalue weighted by Crippen LogP contribution is 2.35. The number of H-pyrrole nitrogens is 1. The van der Waals surface area contributed by atoms with Gasteiger partial charge in [-0.15, -0.1) is 11.3 Å². The number of amides is 1. The molecule has 0 bridgehead atoms. The molecule has 4 heterocycles. The number of sulfonamides is 1. The number of aromatic nitrogens is 4. The fourth-order valence-corrected chi connectivity index (χ4v) is 5.04. The first-order valence-electron chi connectivity index (χ1n) is 9.48. The van der Waals surface area contributed by atoms with Crippen LogP contribution in [0, 0.1) is 0 Å². The average molecular weight is 459 g/mol. The van der Waals surface area contributed by atoms with E-state index in [2.05, 4.69) is 15.1 Å². The van der Waals surface area contributed by atoms with Crippen molar-refractivity contribution in [2.24, 2.45) is 0 Å². The molecule has 1 amide bonds. The van der Waals surface area contributed by atoms with Crippen LogP contribution < -0.4 is 9.62 Å². The standard InChI is InChI=1S/C19H18N6O4S2/c1-31(27,28)24-19(26)15-9-14-16(30-15)18(25-5-7-29-8-6-25)22-17(21-14)11-3-2-4-13-12(11)10-20-23-13/h2-4,9-10H,5-8H2,1H3,(H,20,23)(H,24,26). The van der Waals surface area contributed by atoms with Crippen molar-refractivity contribution < 1.29 is 17.9 Å². The Morgan fingerprint density at radius 2 is 2.06 bits per heavy atom. The Kier molecular flexibility index (Phi) is 4.84. The summed E-state index contributed by atoms with van der Waals surface area (Å²) in [5, 5.41) is 7.94. The van der Waals surface area contributed by atoms with Gasteiger partial charge < -0.3 is 9.64 Å². The Morgan fingerprint density at radius 3 is 2.84 bits per heavy atom. The van der Waals surface area contributed by atoms with Gasteiger partial charge >= 0.3 is 0 Å². The number of aromatic amines is 1. The van der Waals surface area contributed by atoms with Crippen molar-refractivity contribution in [3.05, 3.63) is 35.3 Å². The molecule has 0 atom stereocenters. The van der Waals surface area contributed by atoms with E-state index in [9.17, 15) is 13.2 Å². The highest BCUT2D eigenvalue weighted by atomic mass is 32.2. The molecular formula is C19H18N6O4S2. The number of carbonyl (C=O) groups is 1. The van der Waals surface area contributed by atoms with E-state index < -0.39 is 15.9 Å². The maximum Gasteiger partial charge on any atom is 0.274 e. The highest BCUT2D eigenvalue weighted by molar-refractivity contribution is 7.89. The van der Waals surface area contributed by atoms with E-state index in [0.29, 0.717) is 43.5 Å². The van der Waals surface area contributed by atoms with Gasteiger partial charge in [0.25, 0.3) is 5.91 Å². The van der Waals surface area contributed by atoms with Gasteiger partial charge in [-0.05, 0) is 12.1 Å². The summed E-state index contributed by atoms with van der Waals surface area (Å²) >= 11 is 1.17. The van der Waals surface area contributed by atoms with Crippen LogP contribution in [0.4, 0.5) is 5.82 Å². The van der Waals surface area contributed by atoms with Gasteiger partial charge in [0.05, 0.1) is 46.3 Å². The summed E-state index contributed by atoms with van der Waals surface area (Å²) in [4.78, 5) is 24.3. The molecule has 31 heavy (non-hydrogen) atoms. The number of nitrogens with zero attached hydrogens (tertiary/aromatic N) is 4. The highest BCUT2D eigenvalue weighted by Gasteiger charge is 2.23. The van der Waals surface area contributed by atoms with Crippen LogP contribution in [0.2, 0.25) is 0 Å². The Hall–Kier alpha value is -3.09. The predicted molar refractivity (Wildman–Crippen MR) is 118 cm³/mol. The van der Waals surface area contributed by atoms with Crippen LogP contribution in [-0.4, -0.2) is 67.0 Å². The lowest BCUT2D eigenvalue weighted by Gasteiger charge is -2.28. The van der Waals surface area contributed by atoms with Crippen LogP contribution in [-0.2, 0) is 14.8 Å².